The number of nitrogens with one attached hydrogen (secondary N) is 1. The van der Waals surface area contributed by atoms with Crippen LogP contribution in [-0.4, -0.2) is 46.7 Å². The molecule has 1 aliphatic rings. The van der Waals surface area contributed by atoms with Gasteiger partial charge in [-0.3, -0.25) is 19.4 Å². The lowest BCUT2D eigenvalue weighted by molar-refractivity contribution is -0.148. The van der Waals surface area contributed by atoms with Crippen molar-refractivity contribution in [3.8, 4) is 11.1 Å². The molecule has 1 atom stereocenters. The number of carbonyl (C=O) groups is 3. The van der Waals surface area contributed by atoms with Crippen LogP contribution in [0.5, 0.6) is 0 Å². The first-order valence-electron chi connectivity index (χ1n) is 12.5. The van der Waals surface area contributed by atoms with Gasteiger partial charge in [0.05, 0.1) is 0 Å². The molecule has 5 rings (SSSR count). The Morgan fingerprint density at radius 3 is 2.03 bits per heavy atom. The van der Waals surface area contributed by atoms with Gasteiger partial charge in [0.1, 0.15) is 5.92 Å². The summed E-state index contributed by atoms with van der Waals surface area (Å²) in [6.45, 7) is 6.56. The zero-order chi connectivity index (χ0) is 27.4. The van der Waals surface area contributed by atoms with Gasteiger partial charge in [-0.2, -0.15) is 0 Å². The van der Waals surface area contributed by atoms with Crippen molar-refractivity contribution in [2.45, 2.75) is 32.1 Å². The second-order valence-electron chi connectivity index (χ2n) is 10.9. The number of hydrogen-bond donors (Lipinski definition) is 1. The first-order valence-corrected chi connectivity index (χ1v) is 12.9. The summed E-state index contributed by atoms with van der Waals surface area (Å²) in [6.07, 6.45) is 1.84. The van der Waals surface area contributed by atoms with Crippen molar-refractivity contribution in [2.24, 2.45) is 5.92 Å². The number of amides is 4. The summed E-state index contributed by atoms with van der Waals surface area (Å²) in [5.41, 5.74) is 5.68. The van der Waals surface area contributed by atoms with Crippen LogP contribution in [0.3, 0.4) is 0 Å². The molecule has 1 aliphatic heterocycles. The van der Waals surface area contributed by atoms with Crippen LogP contribution in [0.25, 0.3) is 22.0 Å². The molecule has 1 unspecified atom stereocenters. The molecule has 0 saturated carbocycles. The molecule has 4 amide bonds. The number of hydrogen-bond acceptors (Lipinski definition) is 3. The third-order valence-electron chi connectivity index (χ3n) is 7.47. The van der Waals surface area contributed by atoms with E-state index in [-0.39, 0.29) is 5.41 Å². The zero-order valence-corrected chi connectivity index (χ0v) is 22.8. The maximum absolute atomic E-state index is 13.5. The van der Waals surface area contributed by atoms with Crippen LogP contribution in [0.1, 0.15) is 43.4 Å². The van der Waals surface area contributed by atoms with Crippen molar-refractivity contribution >= 4 is 40.3 Å². The highest BCUT2D eigenvalue weighted by atomic mass is 35.5. The van der Waals surface area contributed by atoms with E-state index in [4.69, 9.17) is 11.6 Å². The van der Waals surface area contributed by atoms with Crippen LogP contribution in [0.2, 0.25) is 5.02 Å². The van der Waals surface area contributed by atoms with Crippen LogP contribution in [0.4, 0.5) is 4.79 Å². The van der Waals surface area contributed by atoms with Gasteiger partial charge in [0.25, 0.3) is 0 Å². The molecule has 1 N–H and O–H groups in total. The predicted octanol–water partition coefficient (Wildman–Crippen LogP) is 6.58. The highest BCUT2D eigenvalue weighted by Crippen LogP contribution is 2.42. The smallest absolute Gasteiger partial charge is 0.332 e. The maximum atomic E-state index is 13.5. The van der Waals surface area contributed by atoms with Crippen LogP contribution in [0.15, 0.2) is 72.9 Å². The molecule has 1 saturated heterocycles. The first-order chi connectivity index (χ1) is 18.0. The van der Waals surface area contributed by atoms with Gasteiger partial charge >= 0.3 is 6.03 Å². The molecule has 2 heterocycles. The van der Waals surface area contributed by atoms with Gasteiger partial charge in [-0.15, -0.1) is 0 Å². The van der Waals surface area contributed by atoms with E-state index in [1.807, 2.05) is 30.5 Å². The number of H-pyrrole nitrogens is 1. The normalized spacial score (nSPS) is 16.0. The van der Waals surface area contributed by atoms with Crippen molar-refractivity contribution < 1.29 is 14.4 Å². The molecule has 38 heavy (non-hydrogen) atoms. The summed E-state index contributed by atoms with van der Waals surface area (Å²) in [6, 6.07) is 21.2. The molecule has 0 aliphatic carbocycles. The number of aromatic nitrogens is 1. The van der Waals surface area contributed by atoms with E-state index in [1.54, 1.807) is 6.07 Å². The number of rotatable bonds is 4. The van der Waals surface area contributed by atoms with E-state index in [1.165, 1.54) is 19.7 Å². The lowest BCUT2D eigenvalue weighted by Gasteiger charge is -2.37. The Kier molecular flexibility index (Phi) is 6.40. The molecule has 194 valence electrons. The number of carbonyl (C=O) groups excluding carboxylic acids is 3. The lowest BCUT2D eigenvalue weighted by atomic mass is 9.78. The molecule has 0 spiro atoms. The van der Waals surface area contributed by atoms with Crippen molar-refractivity contribution in [2.75, 3.05) is 14.1 Å². The zero-order valence-electron chi connectivity index (χ0n) is 22.1. The fourth-order valence-corrected chi connectivity index (χ4v) is 5.47. The number of imide groups is 2. The van der Waals surface area contributed by atoms with Crippen LogP contribution >= 0.6 is 11.6 Å². The Hall–Kier alpha value is -3.90. The Labute approximate surface area is 227 Å². The summed E-state index contributed by atoms with van der Waals surface area (Å²) in [5.74, 6) is -2.94. The molecule has 0 radical (unpaired) electrons. The van der Waals surface area contributed by atoms with Gasteiger partial charge in [-0.25, -0.2) is 4.79 Å². The predicted molar refractivity (Wildman–Crippen MR) is 150 cm³/mol. The summed E-state index contributed by atoms with van der Waals surface area (Å²) < 4.78 is 0. The monoisotopic (exact) mass is 527 g/mol. The van der Waals surface area contributed by atoms with Crippen molar-refractivity contribution in [3.63, 3.8) is 0 Å². The fraction of sp³-hybridized carbons (Fsp3) is 0.258. The van der Waals surface area contributed by atoms with Crippen molar-refractivity contribution in [3.05, 3.63) is 94.6 Å². The summed E-state index contributed by atoms with van der Waals surface area (Å²) in [4.78, 5) is 44.7. The number of benzene rings is 3. The van der Waals surface area contributed by atoms with E-state index < -0.39 is 29.7 Å². The minimum Gasteiger partial charge on any atom is -0.361 e. The molecule has 6 nitrogen and oxygen atoms in total. The fourth-order valence-electron chi connectivity index (χ4n) is 5.22. The van der Waals surface area contributed by atoms with Gasteiger partial charge in [-0.1, -0.05) is 80.9 Å². The first kappa shape index (κ1) is 25.7. The Morgan fingerprint density at radius 1 is 0.816 bits per heavy atom. The van der Waals surface area contributed by atoms with Gasteiger partial charge in [-0.05, 0) is 51.4 Å². The summed E-state index contributed by atoms with van der Waals surface area (Å²) >= 11 is 6.65. The molecule has 1 fully saturated rings. The number of nitrogens with zero attached hydrogens (tertiary/aromatic N) is 2. The number of urea groups is 1. The number of fused-ring (bicyclic) bond motifs is 1. The van der Waals surface area contributed by atoms with Crippen LogP contribution < -0.4 is 0 Å². The number of barbiturate groups is 1. The van der Waals surface area contributed by atoms with Crippen LogP contribution in [-0.2, 0) is 15.0 Å². The molecular weight excluding hydrogens is 498 g/mol. The van der Waals surface area contributed by atoms with Gasteiger partial charge in [0, 0.05) is 42.1 Å². The average molecular weight is 528 g/mol. The topological polar surface area (TPSA) is 73.5 Å². The average Bonchev–Trinajstić information content (AvgIpc) is 3.32. The Balaban J connectivity index is 1.68. The highest BCUT2D eigenvalue weighted by Gasteiger charge is 2.48. The van der Waals surface area contributed by atoms with Gasteiger partial charge in [0.2, 0.25) is 11.8 Å². The minimum atomic E-state index is -1.14. The van der Waals surface area contributed by atoms with Crippen LogP contribution in [0, 0.1) is 5.92 Å². The standard InChI is InChI=1S/C31H30ClN3O3/c1-31(2,3)20-13-10-18(11-14-20)19-12-15-25-22(16-19)23(17-33-25)26(21-8-6-7-9-24(21)32)27-28(36)34(4)30(38)35(5)29(27)37/h6-17,26-27,33H,1-5H3. The minimum absolute atomic E-state index is 0.0548. The third-order valence-corrected chi connectivity index (χ3v) is 7.82. The largest absolute Gasteiger partial charge is 0.361 e. The van der Waals surface area contributed by atoms with E-state index >= 15 is 0 Å². The van der Waals surface area contributed by atoms with E-state index in [9.17, 15) is 14.4 Å². The second kappa shape index (κ2) is 9.44. The lowest BCUT2D eigenvalue weighted by Crippen LogP contribution is -2.58. The molecule has 7 heteroatoms. The molecule has 3 aromatic carbocycles. The van der Waals surface area contributed by atoms with Gasteiger partial charge in [0.15, 0.2) is 0 Å². The van der Waals surface area contributed by atoms with Crippen molar-refractivity contribution in [1.82, 2.24) is 14.8 Å². The quantitative estimate of drug-likeness (QED) is 0.304. The summed E-state index contributed by atoms with van der Waals surface area (Å²) in [5, 5.41) is 1.33. The van der Waals surface area contributed by atoms with E-state index in [2.05, 4.69) is 62.2 Å². The molecule has 4 aromatic rings. The van der Waals surface area contributed by atoms with E-state index in [0.717, 1.165) is 37.4 Å². The maximum Gasteiger partial charge on any atom is 0.332 e. The number of aromatic amines is 1. The summed E-state index contributed by atoms with van der Waals surface area (Å²) in [7, 11) is 2.80. The van der Waals surface area contributed by atoms with Gasteiger partial charge < -0.3 is 4.98 Å². The third kappa shape index (κ3) is 4.29. The Morgan fingerprint density at radius 2 is 1.42 bits per heavy atom. The molecule has 1 aromatic heterocycles. The number of halogens is 1. The molecular formula is C31H30ClN3O3. The highest BCUT2D eigenvalue weighted by molar-refractivity contribution is 6.31. The molecule has 0 bridgehead atoms. The Bertz CT molecular complexity index is 1540. The SMILES string of the molecule is CN1C(=O)C(C(c2ccccc2Cl)c2c[nH]c3ccc(-c4ccc(C(C)(C)C)cc4)cc23)C(=O)N(C)C1=O. The second-order valence-corrected chi connectivity index (χ2v) is 11.3. The van der Waals surface area contributed by atoms with E-state index in [0.29, 0.717) is 10.6 Å². The van der Waals surface area contributed by atoms with Crippen molar-refractivity contribution in [1.29, 1.82) is 0 Å².